The highest BCUT2D eigenvalue weighted by atomic mass is 19.4. The number of aromatic nitrogens is 3. The van der Waals surface area contributed by atoms with Gasteiger partial charge in [-0.2, -0.15) is 13.2 Å². The SMILES string of the molecule is Nc1ncc(-c2ccc(C3(C(=O)Nc4cc(C(F)(F)F)no4)CCOCC3)cc2)cn1. The first-order valence-electron chi connectivity index (χ1n) is 9.39. The van der Waals surface area contributed by atoms with Crippen LogP contribution in [-0.2, 0) is 21.1 Å². The molecule has 0 saturated carbocycles. The van der Waals surface area contributed by atoms with E-state index in [-0.39, 0.29) is 11.8 Å². The minimum atomic E-state index is -4.66. The first-order chi connectivity index (χ1) is 14.8. The van der Waals surface area contributed by atoms with Crippen molar-refractivity contribution in [3.63, 3.8) is 0 Å². The number of halogens is 3. The molecule has 0 aliphatic carbocycles. The van der Waals surface area contributed by atoms with Crippen molar-refractivity contribution in [3.8, 4) is 11.1 Å². The molecule has 0 radical (unpaired) electrons. The number of benzene rings is 1. The van der Waals surface area contributed by atoms with Crippen LogP contribution in [-0.4, -0.2) is 34.2 Å². The molecule has 1 saturated heterocycles. The lowest BCUT2D eigenvalue weighted by Crippen LogP contribution is -2.44. The number of hydrogen-bond donors (Lipinski definition) is 2. The van der Waals surface area contributed by atoms with E-state index in [1.807, 2.05) is 12.1 Å². The van der Waals surface area contributed by atoms with Gasteiger partial charge in [-0.3, -0.25) is 10.1 Å². The number of nitrogens with two attached hydrogens (primary N) is 1. The Morgan fingerprint density at radius 2 is 1.71 bits per heavy atom. The number of amides is 1. The lowest BCUT2D eigenvalue weighted by molar-refractivity contribution is -0.142. The molecule has 8 nitrogen and oxygen atoms in total. The monoisotopic (exact) mass is 433 g/mol. The third-order valence-electron chi connectivity index (χ3n) is 5.26. The summed E-state index contributed by atoms with van der Waals surface area (Å²) in [6, 6.07) is 7.92. The zero-order valence-corrected chi connectivity index (χ0v) is 16.1. The predicted octanol–water partition coefficient (Wildman–Crippen LogP) is 3.42. The average Bonchev–Trinajstić information content (AvgIpc) is 3.24. The Morgan fingerprint density at radius 1 is 1.06 bits per heavy atom. The van der Waals surface area contributed by atoms with Gasteiger partial charge >= 0.3 is 6.18 Å². The van der Waals surface area contributed by atoms with Crippen molar-refractivity contribution in [1.82, 2.24) is 15.1 Å². The van der Waals surface area contributed by atoms with E-state index >= 15 is 0 Å². The zero-order valence-electron chi connectivity index (χ0n) is 16.1. The molecule has 0 unspecified atom stereocenters. The van der Waals surface area contributed by atoms with Crippen LogP contribution in [0.4, 0.5) is 25.0 Å². The second kappa shape index (κ2) is 7.99. The molecule has 0 atom stereocenters. The molecule has 11 heteroatoms. The van der Waals surface area contributed by atoms with Crippen LogP contribution in [0.15, 0.2) is 47.2 Å². The second-order valence-corrected chi connectivity index (χ2v) is 7.13. The molecule has 3 heterocycles. The van der Waals surface area contributed by atoms with E-state index in [0.29, 0.717) is 37.7 Å². The smallest absolute Gasteiger partial charge is 0.381 e. The van der Waals surface area contributed by atoms with Crippen LogP contribution in [0.25, 0.3) is 11.1 Å². The summed E-state index contributed by atoms with van der Waals surface area (Å²) in [5.74, 6) is -0.678. The summed E-state index contributed by atoms with van der Waals surface area (Å²) in [6.45, 7) is 0.677. The van der Waals surface area contributed by atoms with Crippen molar-refractivity contribution in [2.45, 2.75) is 24.4 Å². The van der Waals surface area contributed by atoms with E-state index in [1.165, 1.54) is 0 Å². The van der Waals surface area contributed by atoms with Crippen molar-refractivity contribution in [2.24, 2.45) is 0 Å². The quantitative estimate of drug-likeness (QED) is 0.648. The van der Waals surface area contributed by atoms with Gasteiger partial charge in [0, 0.05) is 37.2 Å². The van der Waals surface area contributed by atoms with Crippen molar-refractivity contribution in [2.75, 3.05) is 24.3 Å². The van der Waals surface area contributed by atoms with E-state index in [9.17, 15) is 18.0 Å². The van der Waals surface area contributed by atoms with E-state index in [2.05, 4.69) is 25.0 Å². The van der Waals surface area contributed by atoms with Gasteiger partial charge < -0.3 is 15.0 Å². The number of alkyl halides is 3. The zero-order chi connectivity index (χ0) is 22.1. The maximum Gasteiger partial charge on any atom is 0.436 e. The van der Waals surface area contributed by atoms with E-state index in [0.717, 1.165) is 11.1 Å². The molecule has 1 aliphatic rings. The van der Waals surface area contributed by atoms with Gasteiger partial charge in [-0.1, -0.05) is 29.4 Å². The van der Waals surface area contributed by atoms with Crippen molar-refractivity contribution < 1.29 is 27.2 Å². The van der Waals surface area contributed by atoms with Gasteiger partial charge in [0.25, 0.3) is 0 Å². The van der Waals surface area contributed by atoms with Gasteiger partial charge in [0.1, 0.15) is 0 Å². The maximum absolute atomic E-state index is 13.2. The Morgan fingerprint density at radius 3 is 2.29 bits per heavy atom. The van der Waals surface area contributed by atoms with E-state index in [4.69, 9.17) is 10.5 Å². The fourth-order valence-corrected chi connectivity index (χ4v) is 3.53. The normalized spacial score (nSPS) is 16.1. The number of ether oxygens (including phenoxy) is 1. The molecule has 0 bridgehead atoms. The van der Waals surface area contributed by atoms with Gasteiger partial charge in [0.05, 0.1) is 5.41 Å². The Hall–Kier alpha value is -3.47. The van der Waals surface area contributed by atoms with Gasteiger partial charge in [-0.05, 0) is 24.0 Å². The lowest BCUT2D eigenvalue weighted by Gasteiger charge is -2.36. The summed E-state index contributed by atoms with van der Waals surface area (Å²) in [7, 11) is 0. The number of nitrogen functional groups attached to an aromatic ring is 1. The van der Waals surface area contributed by atoms with Crippen LogP contribution in [0, 0.1) is 0 Å². The molecule has 1 aliphatic heterocycles. The first kappa shape index (κ1) is 20.8. The molecule has 0 spiro atoms. The van der Waals surface area contributed by atoms with Gasteiger partial charge in [0.2, 0.25) is 17.7 Å². The highest BCUT2D eigenvalue weighted by molar-refractivity contribution is 5.98. The average molecular weight is 433 g/mol. The largest absolute Gasteiger partial charge is 0.436 e. The van der Waals surface area contributed by atoms with Gasteiger partial charge in [0.15, 0.2) is 5.69 Å². The molecular weight excluding hydrogens is 415 g/mol. The number of hydrogen-bond acceptors (Lipinski definition) is 7. The molecule has 1 amide bonds. The summed E-state index contributed by atoms with van der Waals surface area (Å²) >= 11 is 0. The van der Waals surface area contributed by atoms with Crippen LogP contribution >= 0.6 is 0 Å². The number of carbonyl (C=O) groups is 1. The summed E-state index contributed by atoms with van der Waals surface area (Å²) in [5, 5.41) is 5.41. The summed E-state index contributed by atoms with van der Waals surface area (Å²) in [6.07, 6.45) is -0.746. The van der Waals surface area contributed by atoms with Crippen LogP contribution in [0.1, 0.15) is 24.1 Å². The van der Waals surface area contributed by atoms with E-state index < -0.39 is 23.2 Å². The van der Waals surface area contributed by atoms with Crippen LogP contribution in [0.2, 0.25) is 0 Å². The molecule has 4 rings (SSSR count). The Kier molecular flexibility index (Phi) is 5.36. The number of carbonyl (C=O) groups excluding carboxylic acids is 1. The Labute approximate surface area is 174 Å². The molecule has 2 aromatic heterocycles. The third-order valence-corrected chi connectivity index (χ3v) is 5.26. The fourth-order valence-electron chi connectivity index (χ4n) is 3.53. The van der Waals surface area contributed by atoms with Crippen molar-refractivity contribution in [3.05, 3.63) is 54.0 Å². The van der Waals surface area contributed by atoms with Crippen LogP contribution in [0.5, 0.6) is 0 Å². The molecular formula is C20H18F3N5O3. The van der Waals surface area contributed by atoms with E-state index in [1.54, 1.807) is 24.5 Å². The Bertz CT molecular complexity index is 1060. The number of nitrogens with zero attached hydrogens (tertiary/aromatic N) is 3. The lowest BCUT2D eigenvalue weighted by atomic mass is 9.73. The summed E-state index contributed by atoms with van der Waals surface area (Å²) in [5.41, 5.74) is 5.62. The third kappa shape index (κ3) is 4.22. The van der Waals surface area contributed by atoms with Gasteiger partial charge in [-0.15, -0.1) is 0 Å². The van der Waals surface area contributed by atoms with Crippen LogP contribution in [0.3, 0.4) is 0 Å². The van der Waals surface area contributed by atoms with Crippen molar-refractivity contribution in [1.29, 1.82) is 0 Å². The standard InChI is InChI=1S/C20H18F3N5O3/c21-20(22,23)15-9-16(31-28-15)27-17(29)19(5-7-30-8-6-19)14-3-1-12(2-4-14)13-10-25-18(24)26-11-13/h1-4,9-11H,5-8H2,(H,27,29)(H2,24,25,26). The minimum Gasteiger partial charge on any atom is -0.381 e. The minimum absolute atomic E-state index is 0.166. The number of rotatable bonds is 4. The highest BCUT2D eigenvalue weighted by Gasteiger charge is 2.43. The molecule has 1 fully saturated rings. The topological polar surface area (TPSA) is 116 Å². The summed E-state index contributed by atoms with van der Waals surface area (Å²) < 4.78 is 48.4. The molecule has 1 aromatic carbocycles. The molecule has 31 heavy (non-hydrogen) atoms. The highest BCUT2D eigenvalue weighted by Crippen LogP contribution is 2.38. The molecule has 3 aromatic rings. The molecule has 162 valence electrons. The Balaban J connectivity index is 1.60. The number of nitrogens with one attached hydrogen (secondary N) is 1. The van der Waals surface area contributed by atoms with Crippen LogP contribution < -0.4 is 11.1 Å². The maximum atomic E-state index is 13.2. The summed E-state index contributed by atoms with van der Waals surface area (Å²) in [4.78, 5) is 21.1. The van der Waals surface area contributed by atoms with Crippen molar-refractivity contribution >= 4 is 17.7 Å². The fraction of sp³-hybridized carbons (Fsp3) is 0.300. The van der Waals surface area contributed by atoms with Gasteiger partial charge in [-0.25, -0.2) is 9.97 Å². The predicted molar refractivity (Wildman–Crippen MR) is 104 cm³/mol. The number of anilines is 2. The second-order valence-electron chi connectivity index (χ2n) is 7.13. The first-order valence-corrected chi connectivity index (χ1v) is 9.39. The molecule has 3 N–H and O–H groups in total.